The maximum atomic E-state index is 14.1. The van der Waals surface area contributed by atoms with E-state index in [9.17, 15) is 27.9 Å². The number of carbonyl (C=O) groups excluding carboxylic acids is 1. The van der Waals surface area contributed by atoms with E-state index >= 15 is 0 Å². The number of ether oxygens (including phenoxy) is 1. The fraction of sp³-hybridized carbons (Fsp3) is 0.286. The number of hydrogen-bond acceptors (Lipinski definition) is 6. The van der Waals surface area contributed by atoms with Gasteiger partial charge in [-0.3, -0.25) is 4.79 Å². The number of anilines is 1. The Labute approximate surface area is 243 Å². The van der Waals surface area contributed by atoms with E-state index in [1.54, 1.807) is 18.2 Å². The van der Waals surface area contributed by atoms with E-state index in [0.29, 0.717) is 21.3 Å². The monoisotopic (exact) mass is 609 g/mol. The van der Waals surface area contributed by atoms with Gasteiger partial charge in [-0.05, 0) is 42.3 Å². The zero-order valence-electron chi connectivity index (χ0n) is 21.9. The molecule has 0 radical (unpaired) electrons. The van der Waals surface area contributed by atoms with Crippen molar-refractivity contribution in [3.8, 4) is 5.88 Å². The molecule has 2 unspecified atom stereocenters. The molecule has 1 aliphatic heterocycles. The molecular weight excluding hydrogens is 586 g/mol. The number of halogens is 5. The molecule has 8 nitrogen and oxygen atoms in total. The predicted molar refractivity (Wildman–Crippen MR) is 147 cm³/mol. The number of rotatable bonds is 8. The maximum Gasteiger partial charge on any atom is 0.435 e. The molecule has 1 amide bonds. The van der Waals surface area contributed by atoms with E-state index in [-0.39, 0.29) is 29.5 Å². The van der Waals surface area contributed by atoms with Crippen LogP contribution in [-0.2, 0) is 11.0 Å². The number of carbonyl (C=O) groups is 2. The number of amides is 1. The number of aromatic carboxylic acids is 1. The minimum absolute atomic E-state index is 0.0357. The Balaban J connectivity index is 1.62. The summed E-state index contributed by atoms with van der Waals surface area (Å²) in [6, 6.07) is 12.2. The molecule has 3 aromatic rings. The minimum atomic E-state index is -4.94. The third-order valence-corrected chi connectivity index (χ3v) is 7.08. The van der Waals surface area contributed by atoms with Gasteiger partial charge in [-0.2, -0.15) is 13.2 Å². The summed E-state index contributed by atoms with van der Waals surface area (Å²) in [7, 11) is 1.14. The molecule has 0 aliphatic carbocycles. The first-order chi connectivity index (χ1) is 19.3. The average Bonchev–Trinajstić information content (AvgIpc) is 3.34. The molecule has 1 N–H and O–H groups in total. The van der Waals surface area contributed by atoms with Gasteiger partial charge in [0.15, 0.2) is 5.69 Å². The average molecular weight is 610 g/mol. The largest absolute Gasteiger partial charge is 0.478 e. The van der Waals surface area contributed by atoms with Crippen molar-refractivity contribution in [1.82, 2.24) is 4.98 Å². The number of carboxylic acid groups (broad SMARTS) is 1. The summed E-state index contributed by atoms with van der Waals surface area (Å²) >= 11 is 12.7. The third kappa shape index (κ3) is 6.41. The lowest BCUT2D eigenvalue weighted by atomic mass is 9.87. The highest BCUT2D eigenvalue weighted by Crippen LogP contribution is 2.38. The Morgan fingerprint density at radius 3 is 2.32 bits per heavy atom. The van der Waals surface area contributed by atoms with Crippen LogP contribution in [0.2, 0.25) is 10.0 Å². The van der Waals surface area contributed by atoms with Gasteiger partial charge < -0.3 is 19.6 Å². The van der Waals surface area contributed by atoms with Gasteiger partial charge in [0.25, 0.3) is 5.91 Å². The molecule has 0 fully saturated rings. The van der Waals surface area contributed by atoms with Crippen LogP contribution in [0.25, 0.3) is 0 Å². The van der Waals surface area contributed by atoms with Crippen molar-refractivity contribution in [3.63, 3.8) is 0 Å². The molecule has 2 atom stereocenters. The first-order valence-corrected chi connectivity index (χ1v) is 13.1. The second-order valence-electron chi connectivity index (χ2n) is 9.57. The van der Waals surface area contributed by atoms with Crippen LogP contribution in [0.1, 0.15) is 45.8 Å². The second-order valence-corrected chi connectivity index (χ2v) is 10.4. The number of nitrogens with zero attached hydrogens (tertiary/aromatic N) is 3. The van der Waals surface area contributed by atoms with E-state index < -0.39 is 41.5 Å². The summed E-state index contributed by atoms with van der Waals surface area (Å²) in [5.74, 6) is -3.04. The Morgan fingerprint density at radius 2 is 1.71 bits per heavy atom. The Kier molecular flexibility index (Phi) is 8.79. The summed E-state index contributed by atoms with van der Waals surface area (Å²) in [6.45, 7) is 3.65. The van der Waals surface area contributed by atoms with Crippen molar-refractivity contribution >= 4 is 46.5 Å². The number of benzene rings is 2. The van der Waals surface area contributed by atoms with E-state index in [2.05, 4.69) is 10.1 Å². The summed E-state index contributed by atoms with van der Waals surface area (Å²) < 4.78 is 48.0. The SMILES string of the molecule is CC(C)C1ON=C(c2c(Cl)cccc2Cl)C1COc1ccc(N(C)C(=O)c2cccc(C(=O)O)c2)c(C(F)(F)F)n1. The van der Waals surface area contributed by atoms with Crippen LogP contribution in [0, 0.1) is 11.8 Å². The summed E-state index contributed by atoms with van der Waals surface area (Å²) in [5, 5.41) is 14.0. The van der Waals surface area contributed by atoms with Crippen LogP contribution in [0.3, 0.4) is 0 Å². The summed E-state index contributed by atoms with van der Waals surface area (Å²) in [6.07, 6.45) is -5.41. The van der Waals surface area contributed by atoms with Gasteiger partial charge in [-0.1, -0.05) is 54.3 Å². The predicted octanol–water partition coefficient (Wildman–Crippen LogP) is 6.84. The molecule has 0 saturated heterocycles. The lowest BCUT2D eigenvalue weighted by Gasteiger charge is -2.24. The molecule has 4 rings (SSSR count). The maximum absolute atomic E-state index is 14.1. The summed E-state index contributed by atoms with van der Waals surface area (Å²) in [5.41, 5.74) is -1.33. The van der Waals surface area contributed by atoms with Gasteiger partial charge in [0.05, 0.1) is 27.2 Å². The Bertz CT molecular complexity index is 1490. The molecule has 1 aromatic heterocycles. The molecule has 0 saturated carbocycles. The zero-order valence-corrected chi connectivity index (χ0v) is 23.5. The van der Waals surface area contributed by atoms with Crippen LogP contribution in [-0.4, -0.2) is 47.4 Å². The topological polar surface area (TPSA) is 101 Å². The number of hydrogen-bond donors (Lipinski definition) is 1. The normalized spacial score (nSPS) is 16.8. The van der Waals surface area contributed by atoms with Gasteiger partial charge in [0.2, 0.25) is 5.88 Å². The van der Waals surface area contributed by atoms with Crippen molar-refractivity contribution in [1.29, 1.82) is 0 Å². The van der Waals surface area contributed by atoms with Crippen molar-refractivity contribution in [3.05, 3.63) is 87.0 Å². The van der Waals surface area contributed by atoms with Crippen LogP contribution >= 0.6 is 23.2 Å². The molecule has 41 heavy (non-hydrogen) atoms. The van der Waals surface area contributed by atoms with Crippen molar-refractivity contribution in [2.75, 3.05) is 18.6 Å². The number of pyridine rings is 1. The van der Waals surface area contributed by atoms with Crippen LogP contribution in [0.5, 0.6) is 5.88 Å². The minimum Gasteiger partial charge on any atom is -0.478 e. The number of carboxylic acids is 1. The van der Waals surface area contributed by atoms with Crippen LogP contribution < -0.4 is 9.64 Å². The van der Waals surface area contributed by atoms with E-state index in [1.165, 1.54) is 24.3 Å². The molecule has 2 aromatic carbocycles. The zero-order chi connectivity index (χ0) is 30.1. The van der Waals surface area contributed by atoms with Gasteiger partial charge in [0.1, 0.15) is 18.4 Å². The molecule has 1 aliphatic rings. The molecule has 0 spiro atoms. The Hall–Kier alpha value is -3.83. The smallest absolute Gasteiger partial charge is 0.435 e. The number of alkyl halides is 3. The third-order valence-electron chi connectivity index (χ3n) is 6.45. The van der Waals surface area contributed by atoms with Crippen LogP contribution in [0.4, 0.5) is 18.9 Å². The quantitative estimate of drug-likeness (QED) is 0.300. The highest BCUT2D eigenvalue weighted by Gasteiger charge is 2.41. The fourth-order valence-corrected chi connectivity index (χ4v) is 5.00. The van der Waals surface area contributed by atoms with Gasteiger partial charge in [0, 0.05) is 24.2 Å². The van der Waals surface area contributed by atoms with Crippen molar-refractivity contribution in [2.45, 2.75) is 26.1 Å². The molecule has 2 heterocycles. The fourth-order valence-electron chi connectivity index (χ4n) is 4.41. The van der Waals surface area contributed by atoms with Crippen molar-refractivity contribution < 1.29 is 37.4 Å². The highest BCUT2D eigenvalue weighted by molar-refractivity contribution is 6.40. The number of oxime groups is 1. The molecule has 216 valence electrons. The lowest BCUT2D eigenvalue weighted by Crippen LogP contribution is -2.34. The first kappa shape index (κ1) is 30.1. The molecule has 13 heteroatoms. The lowest BCUT2D eigenvalue weighted by molar-refractivity contribution is -0.140. The van der Waals surface area contributed by atoms with Gasteiger partial charge in [-0.25, -0.2) is 9.78 Å². The first-order valence-electron chi connectivity index (χ1n) is 12.3. The Morgan fingerprint density at radius 1 is 1.07 bits per heavy atom. The highest BCUT2D eigenvalue weighted by atomic mass is 35.5. The van der Waals surface area contributed by atoms with Crippen LogP contribution in [0.15, 0.2) is 59.8 Å². The van der Waals surface area contributed by atoms with E-state index in [0.717, 1.165) is 24.1 Å². The molecular formula is C28H24Cl2F3N3O5. The van der Waals surface area contributed by atoms with Gasteiger partial charge in [-0.15, -0.1) is 0 Å². The number of aromatic nitrogens is 1. The van der Waals surface area contributed by atoms with Gasteiger partial charge >= 0.3 is 12.1 Å². The van der Waals surface area contributed by atoms with Crippen molar-refractivity contribution in [2.24, 2.45) is 17.0 Å². The van der Waals surface area contributed by atoms with E-state index in [4.69, 9.17) is 32.8 Å². The second kappa shape index (κ2) is 12.0. The molecule has 0 bridgehead atoms. The summed E-state index contributed by atoms with van der Waals surface area (Å²) in [4.78, 5) is 34.3. The standard InChI is InChI=1S/C28H24Cl2F3N3O5/c1-14(2)24-17(23(35-41-24)22-18(29)8-5-9-19(22)30)13-40-21-11-10-20(25(34-21)28(31,32)33)36(3)26(37)15-6-4-7-16(12-15)27(38)39/h4-12,14,17,24H,13H2,1-3H3,(H,38,39). The van der Waals surface area contributed by atoms with E-state index in [1.807, 2.05) is 13.8 Å².